The van der Waals surface area contributed by atoms with Crippen LogP contribution in [0.25, 0.3) is 0 Å². The number of nitrogens with one attached hydrogen (secondary N) is 1. The van der Waals surface area contributed by atoms with Crippen molar-refractivity contribution in [3.8, 4) is 0 Å². The maximum Gasteiger partial charge on any atom is 0.226 e. The van der Waals surface area contributed by atoms with E-state index in [1.807, 2.05) is 33.0 Å². The fraction of sp³-hybridized carbons (Fsp3) is 0.538. The van der Waals surface area contributed by atoms with Gasteiger partial charge in [-0.25, -0.2) is 0 Å². The Morgan fingerprint density at radius 3 is 2.94 bits per heavy atom. The van der Waals surface area contributed by atoms with Gasteiger partial charge in [0.05, 0.1) is 0 Å². The molecule has 1 aromatic rings. The zero-order chi connectivity index (χ0) is 12.7. The van der Waals surface area contributed by atoms with Crippen LogP contribution >= 0.6 is 0 Å². The molecule has 0 saturated heterocycles. The second kappa shape index (κ2) is 7.01. The lowest BCUT2D eigenvalue weighted by molar-refractivity contribution is -0.134. The fourth-order valence-electron chi connectivity index (χ4n) is 1.67. The monoisotopic (exact) mass is 235 g/mol. The summed E-state index contributed by atoms with van der Waals surface area (Å²) in [5.41, 5.74) is 1.05. The molecule has 1 amide bonds. The predicted octanol–water partition coefficient (Wildman–Crippen LogP) is 1.29. The minimum Gasteiger partial charge on any atom is -0.341 e. The third-order valence-corrected chi connectivity index (χ3v) is 2.64. The summed E-state index contributed by atoms with van der Waals surface area (Å²) in [6.45, 7) is 6.22. The Balaban J connectivity index is 2.47. The smallest absolute Gasteiger partial charge is 0.226 e. The highest BCUT2D eigenvalue weighted by molar-refractivity contribution is 5.78. The molecular weight excluding hydrogens is 214 g/mol. The second-order valence-corrected chi connectivity index (χ2v) is 4.26. The Morgan fingerprint density at radius 1 is 1.59 bits per heavy atom. The number of carbonyl (C=O) groups is 1. The van der Waals surface area contributed by atoms with Crippen molar-refractivity contribution in [1.29, 1.82) is 0 Å². The Kier molecular flexibility index (Phi) is 5.63. The standard InChI is InChI=1S/C13H21N3O/c1-4-14-8-11(2)13(17)16(3)10-12-6-5-7-15-9-12/h5-7,9,11,14H,4,8,10H2,1-3H3. The largest absolute Gasteiger partial charge is 0.341 e. The number of pyridine rings is 1. The summed E-state index contributed by atoms with van der Waals surface area (Å²) in [5, 5.41) is 3.19. The van der Waals surface area contributed by atoms with Crippen LogP contribution in [0.2, 0.25) is 0 Å². The van der Waals surface area contributed by atoms with E-state index >= 15 is 0 Å². The first-order valence-electron chi connectivity index (χ1n) is 5.99. The van der Waals surface area contributed by atoms with E-state index in [-0.39, 0.29) is 11.8 Å². The molecule has 0 spiro atoms. The van der Waals surface area contributed by atoms with E-state index in [4.69, 9.17) is 0 Å². The number of rotatable bonds is 6. The average Bonchev–Trinajstić information content (AvgIpc) is 2.36. The van der Waals surface area contributed by atoms with Gasteiger partial charge in [-0.2, -0.15) is 0 Å². The summed E-state index contributed by atoms with van der Waals surface area (Å²) < 4.78 is 0. The molecule has 0 aliphatic heterocycles. The van der Waals surface area contributed by atoms with Crippen molar-refractivity contribution in [1.82, 2.24) is 15.2 Å². The molecule has 1 rings (SSSR count). The van der Waals surface area contributed by atoms with E-state index in [1.165, 1.54) is 0 Å². The zero-order valence-corrected chi connectivity index (χ0v) is 10.8. The van der Waals surface area contributed by atoms with Crippen LogP contribution in [0.3, 0.4) is 0 Å². The molecule has 0 bridgehead atoms. The van der Waals surface area contributed by atoms with Crippen LogP contribution in [0.5, 0.6) is 0 Å². The van der Waals surface area contributed by atoms with Crippen LogP contribution in [-0.2, 0) is 11.3 Å². The van der Waals surface area contributed by atoms with Crippen LogP contribution in [0, 0.1) is 5.92 Å². The van der Waals surface area contributed by atoms with Gasteiger partial charge in [0, 0.05) is 38.4 Å². The molecular formula is C13H21N3O. The third kappa shape index (κ3) is 4.53. The van der Waals surface area contributed by atoms with E-state index in [0.717, 1.165) is 18.7 Å². The Hall–Kier alpha value is -1.42. The van der Waals surface area contributed by atoms with Gasteiger partial charge in [0.25, 0.3) is 0 Å². The number of carbonyl (C=O) groups excluding carboxylic acids is 1. The van der Waals surface area contributed by atoms with Crippen molar-refractivity contribution in [3.05, 3.63) is 30.1 Å². The fourth-order valence-corrected chi connectivity index (χ4v) is 1.67. The SMILES string of the molecule is CCNCC(C)C(=O)N(C)Cc1cccnc1. The number of hydrogen-bond donors (Lipinski definition) is 1. The molecule has 4 heteroatoms. The van der Waals surface area contributed by atoms with Crippen LogP contribution in [0.15, 0.2) is 24.5 Å². The molecule has 1 aromatic heterocycles. The van der Waals surface area contributed by atoms with Crippen LogP contribution in [-0.4, -0.2) is 35.9 Å². The lowest BCUT2D eigenvalue weighted by Gasteiger charge is -2.21. The van der Waals surface area contributed by atoms with E-state index in [0.29, 0.717) is 6.54 Å². The van der Waals surface area contributed by atoms with Crippen LogP contribution < -0.4 is 5.32 Å². The van der Waals surface area contributed by atoms with Crippen LogP contribution in [0.4, 0.5) is 0 Å². The first-order valence-corrected chi connectivity index (χ1v) is 5.99. The molecule has 94 valence electrons. The normalized spacial score (nSPS) is 12.2. The van der Waals surface area contributed by atoms with E-state index in [1.54, 1.807) is 17.3 Å². The molecule has 0 aliphatic carbocycles. The molecule has 0 fully saturated rings. The second-order valence-electron chi connectivity index (χ2n) is 4.26. The molecule has 1 atom stereocenters. The minimum atomic E-state index is 0.0108. The molecule has 4 nitrogen and oxygen atoms in total. The van der Waals surface area contributed by atoms with Gasteiger partial charge < -0.3 is 10.2 Å². The summed E-state index contributed by atoms with van der Waals surface area (Å²) >= 11 is 0. The molecule has 1 heterocycles. The van der Waals surface area contributed by atoms with Crippen molar-refractivity contribution in [3.63, 3.8) is 0 Å². The van der Waals surface area contributed by atoms with Gasteiger partial charge in [0.15, 0.2) is 0 Å². The quantitative estimate of drug-likeness (QED) is 0.808. The number of aromatic nitrogens is 1. The van der Waals surface area contributed by atoms with Gasteiger partial charge in [-0.15, -0.1) is 0 Å². The zero-order valence-electron chi connectivity index (χ0n) is 10.8. The maximum absolute atomic E-state index is 12.0. The highest BCUT2D eigenvalue weighted by Crippen LogP contribution is 2.05. The van der Waals surface area contributed by atoms with Gasteiger partial charge in [0.1, 0.15) is 0 Å². The van der Waals surface area contributed by atoms with Crippen molar-refractivity contribution in [2.45, 2.75) is 20.4 Å². The van der Waals surface area contributed by atoms with Gasteiger partial charge >= 0.3 is 0 Å². The Labute approximate surface area is 103 Å². The van der Waals surface area contributed by atoms with Gasteiger partial charge in [-0.1, -0.05) is 19.9 Å². The maximum atomic E-state index is 12.0. The van der Waals surface area contributed by atoms with Crippen LogP contribution in [0.1, 0.15) is 19.4 Å². The topological polar surface area (TPSA) is 45.2 Å². The van der Waals surface area contributed by atoms with Crippen molar-refractivity contribution in [2.75, 3.05) is 20.1 Å². The first kappa shape index (κ1) is 13.6. The van der Waals surface area contributed by atoms with Crippen molar-refractivity contribution < 1.29 is 4.79 Å². The minimum absolute atomic E-state index is 0.0108. The predicted molar refractivity (Wildman–Crippen MR) is 68.4 cm³/mol. The molecule has 0 aromatic carbocycles. The molecule has 0 radical (unpaired) electrons. The first-order chi connectivity index (χ1) is 8.15. The lowest BCUT2D eigenvalue weighted by atomic mass is 10.1. The summed E-state index contributed by atoms with van der Waals surface area (Å²) in [6, 6.07) is 3.86. The van der Waals surface area contributed by atoms with E-state index in [2.05, 4.69) is 10.3 Å². The average molecular weight is 235 g/mol. The van der Waals surface area contributed by atoms with Gasteiger partial charge in [0.2, 0.25) is 5.91 Å². The number of nitrogens with zero attached hydrogens (tertiary/aromatic N) is 2. The molecule has 1 unspecified atom stereocenters. The van der Waals surface area contributed by atoms with E-state index < -0.39 is 0 Å². The summed E-state index contributed by atoms with van der Waals surface area (Å²) in [4.78, 5) is 17.8. The molecule has 0 aliphatic rings. The lowest BCUT2D eigenvalue weighted by Crippen LogP contribution is -2.36. The van der Waals surface area contributed by atoms with Crippen molar-refractivity contribution >= 4 is 5.91 Å². The summed E-state index contributed by atoms with van der Waals surface area (Å²) in [5.74, 6) is 0.173. The summed E-state index contributed by atoms with van der Waals surface area (Å²) in [7, 11) is 1.83. The highest BCUT2D eigenvalue weighted by Gasteiger charge is 2.16. The number of amides is 1. The third-order valence-electron chi connectivity index (χ3n) is 2.64. The highest BCUT2D eigenvalue weighted by atomic mass is 16.2. The molecule has 17 heavy (non-hydrogen) atoms. The number of hydrogen-bond acceptors (Lipinski definition) is 3. The Morgan fingerprint density at radius 2 is 2.35 bits per heavy atom. The Bertz CT molecular complexity index is 340. The van der Waals surface area contributed by atoms with E-state index in [9.17, 15) is 4.79 Å². The van der Waals surface area contributed by atoms with Crippen molar-refractivity contribution in [2.24, 2.45) is 5.92 Å². The van der Waals surface area contributed by atoms with Gasteiger partial charge in [-0.05, 0) is 18.2 Å². The molecule has 0 saturated carbocycles. The van der Waals surface area contributed by atoms with Gasteiger partial charge in [-0.3, -0.25) is 9.78 Å². The summed E-state index contributed by atoms with van der Waals surface area (Å²) in [6.07, 6.45) is 3.53. The molecule has 1 N–H and O–H groups in total.